The molecular formula is C15H19Cl2N3O. The minimum Gasteiger partial charge on any atom is -0.351 e. The molecule has 0 unspecified atom stereocenters. The van der Waals surface area contributed by atoms with Crippen LogP contribution in [0, 0.1) is 0 Å². The van der Waals surface area contributed by atoms with Gasteiger partial charge in [0.2, 0.25) is 0 Å². The molecule has 2 atom stereocenters. The summed E-state index contributed by atoms with van der Waals surface area (Å²) in [6, 6.07) is 7.49. The molecule has 114 valence electrons. The summed E-state index contributed by atoms with van der Waals surface area (Å²) in [6.45, 7) is 0. The standard InChI is InChI=1S/C15H18ClN3O.ClH/c16-10-5-6-12-9(7-10)8-14(18-12)15(20)19-13-4-2-1-3-11(13)17;/h5-8,11,13,18H,1-4,17H2,(H,19,20);1H/t11-,13+;/m1./s1. The lowest BCUT2D eigenvalue weighted by molar-refractivity contribution is 0.0917. The Kier molecular flexibility index (Phi) is 5.14. The van der Waals surface area contributed by atoms with Crippen LogP contribution in [0.3, 0.4) is 0 Å². The van der Waals surface area contributed by atoms with Gasteiger partial charge in [0, 0.05) is 28.0 Å². The fourth-order valence-electron chi connectivity index (χ4n) is 2.81. The van der Waals surface area contributed by atoms with Crippen molar-refractivity contribution in [1.29, 1.82) is 0 Å². The number of fused-ring (bicyclic) bond motifs is 1. The third-order valence-electron chi connectivity index (χ3n) is 3.96. The van der Waals surface area contributed by atoms with E-state index in [1.54, 1.807) is 6.07 Å². The highest BCUT2D eigenvalue weighted by Crippen LogP contribution is 2.21. The Morgan fingerprint density at radius 2 is 2.05 bits per heavy atom. The highest BCUT2D eigenvalue weighted by Gasteiger charge is 2.24. The quantitative estimate of drug-likeness (QED) is 0.792. The molecule has 1 aliphatic carbocycles. The number of hydrogen-bond donors (Lipinski definition) is 3. The van der Waals surface area contributed by atoms with Gasteiger partial charge in [0.1, 0.15) is 5.69 Å². The van der Waals surface area contributed by atoms with Crippen LogP contribution in [0.15, 0.2) is 24.3 Å². The molecule has 1 heterocycles. The first kappa shape index (κ1) is 16.1. The fraction of sp³-hybridized carbons (Fsp3) is 0.400. The van der Waals surface area contributed by atoms with E-state index in [0.29, 0.717) is 10.7 Å². The second-order valence-electron chi connectivity index (χ2n) is 5.44. The Morgan fingerprint density at radius 1 is 1.29 bits per heavy atom. The summed E-state index contributed by atoms with van der Waals surface area (Å²) in [7, 11) is 0. The topological polar surface area (TPSA) is 70.9 Å². The largest absolute Gasteiger partial charge is 0.351 e. The van der Waals surface area contributed by atoms with Crippen molar-refractivity contribution in [2.45, 2.75) is 37.8 Å². The fourth-order valence-corrected chi connectivity index (χ4v) is 2.99. The van der Waals surface area contributed by atoms with Crippen LogP contribution in [0.1, 0.15) is 36.2 Å². The molecule has 1 aromatic heterocycles. The van der Waals surface area contributed by atoms with Crippen molar-refractivity contribution >= 4 is 40.8 Å². The molecule has 21 heavy (non-hydrogen) atoms. The van der Waals surface area contributed by atoms with E-state index in [9.17, 15) is 4.79 Å². The first-order valence-electron chi connectivity index (χ1n) is 6.98. The number of aromatic amines is 1. The minimum absolute atomic E-state index is 0. The summed E-state index contributed by atoms with van der Waals surface area (Å²) < 4.78 is 0. The van der Waals surface area contributed by atoms with Gasteiger partial charge >= 0.3 is 0 Å². The maximum Gasteiger partial charge on any atom is 0.268 e. The Balaban J connectivity index is 0.00000161. The van der Waals surface area contributed by atoms with Crippen molar-refractivity contribution < 1.29 is 4.79 Å². The number of carbonyl (C=O) groups is 1. The predicted octanol–water partition coefficient (Wildman–Crippen LogP) is 3.24. The number of carbonyl (C=O) groups excluding carboxylic acids is 1. The Hall–Kier alpha value is -1.23. The molecule has 1 aliphatic rings. The molecule has 0 bridgehead atoms. The van der Waals surface area contributed by atoms with E-state index in [-0.39, 0.29) is 30.4 Å². The summed E-state index contributed by atoms with van der Waals surface area (Å²) in [4.78, 5) is 15.4. The number of aromatic nitrogens is 1. The van der Waals surface area contributed by atoms with Crippen LogP contribution in [0.5, 0.6) is 0 Å². The molecular weight excluding hydrogens is 309 g/mol. The van der Waals surface area contributed by atoms with Crippen LogP contribution < -0.4 is 11.1 Å². The lowest BCUT2D eigenvalue weighted by Gasteiger charge is -2.29. The van der Waals surface area contributed by atoms with E-state index in [1.807, 2.05) is 18.2 Å². The monoisotopic (exact) mass is 327 g/mol. The molecule has 1 aromatic carbocycles. The van der Waals surface area contributed by atoms with Gasteiger partial charge in [-0.2, -0.15) is 0 Å². The van der Waals surface area contributed by atoms with Crippen molar-refractivity contribution in [2.24, 2.45) is 5.73 Å². The Morgan fingerprint density at radius 3 is 2.81 bits per heavy atom. The molecule has 4 N–H and O–H groups in total. The van der Waals surface area contributed by atoms with Crippen LogP contribution in [-0.2, 0) is 0 Å². The molecule has 1 saturated carbocycles. The number of rotatable bonds is 2. The molecule has 0 saturated heterocycles. The van der Waals surface area contributed by atoms with Gasteiger partial charge in [0.05, 0.1) is 0 Å². The van der Waals surface area contributed by atoms with Crippen LogP contribution in [0.4, 0.5) is 0 Å². The number of H-pyrrole nitrogens is 1. The maximum atomic E-state index is 12.3. The second-order valence-corrected chi connectivity index (χ2v) is 5.88. The predicted molar refractivity (Wildman–Crippen MR) is 88.3 cm³/mol. The van der Waals surface area contributed by atoms with E-state index < -0.39 is 0 Å². The summed E-state index contributed by atoms with van der Waals surface area (Å²) in [5.74, 6) is -0.0975. The number of nitrogens with one attached hydrogen (secondary N) is 2. The summed E-state index contributed by atoms with van der Waals surface area (Å²) in [5.41, 5.74) is 7.52. The highest BCUT2D eigenvalue weighted by molar-refractivity contribution is 6.31. The first-order valence-corrected chi connectivity index (χ1v) is 7.36. The molecule has 0 spiro atoms. The molecule has 1 fully saturated rings. The van der Waals surface area contributed by atoms with Gasteiger partial charge in [-0.05, 0) is 37.1 Å². The average molecular weight is 328 g/mol. The smallest absolute Gasteiger partial charge is 0.268 e. The molecule has 0 aliphatic heterocycles. The van der Waals surface area contributed by atoms with E-state index in [4.69, 9.17) is 17.3 Å². The number of benzene rings is 1. The van der Waals surface area contributed by atoms with Gasteiger partial charge in [-0.1, -0.05) is 24.4 Å². The zero-order chi connectivity index (χ0) is 14.1. The van der Waals surface area contributed by atoms with Crippen molar-refractivity contribution in [3.8, 4) is 0 Å². The third kappa shape index (κ3) is 3.51. The molecule has 6 heteroatoms. The van der Waals surface area contributed by atoms with E-state index >= 15 is 0 Å². The van der Waals surface area contributed by atoms with Gasteiger partial charge in [-0.25, -0.2) is 0 Å². The van der Waals surface area contributed by atoms with Crippen molar-refractivity contribution in [3.05, 3.63) is 35.0 Å². The van der Waals surface area contributed by atoms with E-state index in [2.05, 4.69) is 10.3 Å². The van der Waals surface area contributed by atoms with Crippen molar-refractivity contribution in [3.63, 3.8) is 0 Å². The van der Waals surface area contributed by atoms with Crippen LogP contribution in [0.2, 0.25) is 5.02 Å². The molecule has 4 nitrogen and oxygen atoms in total. The lowest BCUT2D eigenvalue weighted by Crippen LogP contribution is -2.49. The zero-order valence-electron chi connectivity index (χ0n) is 11.6. The number of hydrogen-bond acceptors (Lipinski definition) is 2. The van der Waals surface area contributed by atoms with Gasteiger partial charge in [0.15, 0.2) is 0 Å². The van der Waals surface area contributed by atoms with E-state index in [1.165, 1.54) is 0 Å². The van der Waals surface area contributed by atoms with Gasteiger partial charge < -0.3 is 16.0 Å². The zero-order valence-corrected chi connectivity index (χ0v) is 13.1. The maximum absolute atomic E-state index is 12.3. The molecule has 3 rings (SSSR count). The average Bonchev–Trinajstić information content (AvgIpc) is 2.84. The summed E-state index contributed by atoms with van der Waals surface area (Å²) >= 11 is 5.95. The summed E-state index contributed by atoms with van der Waals surface area (Å²) in [5, 5.41) is 4.64. The SMILES string of the molecule is Cl.N[C@@H]1CCCC[C@@H]1NC(=O)c1cc2cc(Cl)ccc2[nH]1. The second kappa shape index (κ2) is 6.69. The normalized spacial score (nSPS) is 21.8. The number of nitrogens with two attached hydrogens (primary N) is 1. The molecule has 2 aromatic rings. The van der Waals surface area contributed by atoms with Crippen LogP contribution in [0.25, 0.3) is 10.9 Å². The highest BCUT2D eigenvalue weighted by atomic mass is 35.5. The van der Waals surface area contributed by atoms with Crippen molar-refractivity contribution in [2.75, 3.05) is 0 Å². The molecule has 0 radical (unpaired) electrons. The van der Waals surface area contributed by atoms with Gasteiger partial charge in [-0.3, -0.25) is 4.79 Å². The van der Waals surface area contributed by atoms with Gasteiger partial charge in [-0.15, -0.1) is 12.4 Å². The van der Waals surface area contributed by atoms with Crippen molar-refractivity contribution in [1.82, 2.24) is 10.3 Å². The number of halogens is 2. The van der Waals surface area contributed by atoms with Crippen LogP contribution >= 0.6 is 24.0 Å². The third-order valence-corrected chi connectivity index (χ3v) is 4.20. The Bertz CT molecular complexity index is 641. The first-order chi connectivity index (χ1) is 9.63. The summed E-state index contributed by atoms with van der Waals surface area (Å²) in [6.07, 6.45) is 4.21. The van der Waals surface area contributed by atoms with Gasteiger partial charge in [0.25, 0.3) is 5.91 Å². The minimum atomic E-state index is -0.0975. The lowest BCUT2D eigenvalue weighted by atomic mass is 9.91. The van der Waals surface area contributed by atoms with E-state index in [0.717, 1.165) is 36.6 Å². The number of amides is 1. The molecule has 1 amide bonds. The van der Waals surface area contributed by atoms with Crippen LogP contribution in [-0.4, -0.2) is 23.0 Å². The Labute approximate surface area is 134 Å².